The number of fused-ring (bicyclic) bond motifs is 1. The second-order valence-corrected chi connectivity index (χ2v) is 8.77. The van der Waals surface area contributed by atoms with E-state index in [4.69, 9.17) is 0 Å². The molecular formula is C21H23N7O3S. The molecule has 166 valence electrons. The van der Waals surface area contributed by atoms with E-state index in [-0.39, 0.29) is 12.5 Å². The Balaban J connectivity index is 1.47. The first kappa shape index (κ1) is 21.8. The number of pyridine rings is 1. The van der Waals surface area contributed by atoms with Gasteiger partial charge >= 0.3 is 5.69 Å². The molecule has 0 aromatic carbocycles. The Morgan fingerprint density at radius 3 is 2.69 bits per heavy atom. The van der Waals surface area contributed by atoms with Crippen LogP contribution in [0.5, 0.6) is 0 Å². The number of carbonyl (C=O) groups excluding carboxylic acids is 1. The van der Waals surface area contributed by atoms with E-state index in [0.29, 0.717) is 17.2 Å². The molecule has 2 aliphatic heterocycles. The van der Waals surface area contributed by atoms with Gasteiger partial charge in [0, 0.05) is 31.6 Å². The fraction of sp³-hybridized carbons (Fsp3) is 0.333. The fourth-order valence-corrected chi connectivity index (χ4v) is 4.11. The summed E-state index contributed by atoms with van der Waals surface area (Å²) in [4.78, 5) is 52.2. The molecule has 0 saturated heterocycles. The lowest BCUT2D eigenvalue weighted by Crippen LogP contribution is -2.46. The molecule has 2 aliphatic rings. The number of amides is 1. The Kier molecular flexibility index (Phi) is 5.83. The molecule has 10 nitrogen and oxygen atoms in total. The van der Waals surface area contributed by atoms with Crippen LogP contribution in [0.25, 0.3) is 5.70 Å². The predicted octanol–water partition coefficient (Wildman–Crippen LogP) is 1.49. The van der Waals surface area contributed by atoms with Gasteiger partial charge in [-0.2, -0.15) is 0 Å². The summed E-state index contributed by atoms with van der Waals surface area (Å²) >= 11 is 1.69. The molecule has 1 atom stereocenters. The minimum absolute atomic E-state index is 0.171. The highest BCUT2D eigenvalue weighted by Gasteiger charge is 2.26. The van der Waals surface area contributed by atoms with Crippen LogP contribution in [0.2, 0.25) is 0 Å². The Bertz CT molecular complexity index is 1290. The number of aromatic nitrogens is 3. The van der Waals surface area contributed by atoms with Gasteiger partial charge in [0.25, 0.3) is 5.56 Å². The van der Waals surface area contributed by atoms with Gasteiger partial charge in [-0.3, -0.25) is 18.7 Å². The largest absolute Gasteiger partial charge is 0.346 e. The Labute approximate surface area is 188 Å². The van der Waals surface area contributed by atoms with E-state index in [2.05, 4.69) is 20.3 Å². The lowest BCUT2D eigenvalue weighted by Gasteiger charge is -2.29. The van der Waals surface area contributed by atoms with E-state index in [0.717, 1.165) is 26.6 Å². The second kappa shape index (κ2) is 8.58. The lowest BCUT2D eigenvalue weighted by molar-refractivity contribution is -0.119. The van der Waals surface area contributed by atoms with Crippen LogP contribution in [0, 0.1) is 0 Å². The van der Waals surface area contributed by atoms with Gasteiger partial charge in [-0.1, -0.05) is 0 Å². The number of nitrogens with one attached hydrogen (secondary N) is 1. The molecular weight excluding hydrogens is 430 g/mol. The van der Waals surface area contributed by atoms with Crippen molar-refractivity contribution in [3.63, 3.8) is 0 Å². The Morgan fingerprint density at radius 2 is 2.00 bits per heavy atom. The van der Waals surface area contributed by atoms with E-state index in [1.807, 2.05) is 19.1 Å². The van der Waals surface area contributed by atoms with E-state index in [9.17, 15) is 14.4 Å². The van der Waals surface area contributed by atoms with Crippen LogP contribution in [0.3, 0.4) is 0 Å². The van der Waals surface area contributed by atoms with Crippen LogP contribution < -0.4 is 16.6 Å². The molecule has 0 bridgehead atoms. The van der Waals surface area contributed by atoms with Crippen LogP contribution in [-0.2, 0) is 25.4 Å². The molecule has 4 rings (SSSR count). The molecule has 0 aliphatic carbocycles. The molecule has 11 heteroatoms. The highest BCUT2D eigenvalue weighted by molar-refractivity contribution is 8.14. The minimum atomic E-state index is -0.611. The average molecular weight is 454 g/mol. The smallest absolute Gasteiger partial charge is 0.332 e. The van der Waals surface area contributed by atoms with Gasteiger partial charge in [-0.05, 0) is 32.1 Å². The Hall–Kier alpha value is -3.47. The number of rotatable bonds is 4. The van der Waals surface area contributed by atoms with Gasteiger partial charge < -0.3 is 10.2 Å². The quantitative estimate of drug-likeness (QED) is 0.750. The van der Waals surface area contributed by atoms with Crippen LogP contribution in [0.15, 0.2) is 44.0 Å². The van der Waals surface area contributed by atoms with Crippen LogP contribution in [0.1, 0.15) is 25.0 Å². The van der Waals surface area contributed by atoms with Crippen molar-refractivity contribution < 1.29 is 4.79 Å². The summed E-state index contributed by atoms with van der Waals surface area (Å²) in [5.74, 6) is 1.32. The normalized spacial score (nSPS) is 16.2. The highest BCUT2D eigenvalue weighted by atomic mass is 32.2. The molecule has 0 saturated carbocycles. The van der Waals surface area contributed by atoms with Gasteiger partial charge in [0.15, 0.2) is 0 Å². The maximum Gasteiger partial charge on any atom is 0.332 e. The number of carbonyl (C=O) groups is 1. The van der Waals surface area contributed by atoms with E-state index in [1.165, 1.54) is 18.0 Å². The van der Waals surface area contributed by atoms with Crippen molar-refractivity contribution >= 4 is 46.4 Å². The molecule has 1 N–H and O–H groups in total. The van der Waals surface area contributed by atoms with Crippen molar-refractivity contribution in [1.82, 2.24) is 19.0 Å². The highest BCUT2D eigenvalue weighted by Crippen LogP contribution is 2.24. The molecule has 4 heterocycles. The average Bonchev–Trinajstić information content (AvgIpc) is 2.81. The standard InChI is InChI=1S/C21H23N7O3S/c1-12(28-10-15-18(23-11-28)26(3)21(31)27(4)20(15)30)19(29)25-17-6-5-14(9-22-17)16-7-8-32-13(2)24-16/h5-7,9,11-12H,8,10H2,1-4H3,(H,22,25,29)/t12-/m1/s1. The maximum absolute atomic E-state index is 12.8. The number of thioether (sulfide) groups is 1. The monoisotopic (exact) mass is 453 g/mol. The van der Waals surface area contributed by atoms with Crippen LogP contribution in [0.4, 0.5) is 11.6 Å². The van der Waals surface area contributed by atoms with E-state index >= 15 is 0 Å². The third-order valence-corrected chi connectivity index (χ3v) is 6.27. The van der Waals surface area contributed by atoms with Crippen molar-refractivity contribution in [3.8, 4) is 0 Å². The maximum atomic E-state index is 12.8. The second-order valence-electron chi connectivity index (χ2n) is 7.55. The van der Waals surface area contributed by atoms with Crippen molar-refractivity contribution in [2.75, 3.05) is 11.1 Å². The molecule has 2 aromatic rings. The van der Waals surface area contributed by atoms with Gasteiger partial charge in [-0.25, -0.2) is 19.8 Å². The zero-order valence-corrected chi connectivity index (χ0v) is 19.0. The number of hydrogen-bond donors (Lipinski definition) is 1. The summed E-state index contributed by atoms with van der Waals surface area (Å²) in [5.41, 5.74) is 1.27. The number of anilines is 1. The third-order valence-electron chi connectivity index (χ3n) is 5.43. The summed E-state index contributed by atoms with van der Waals surface area (Å²) in [5, 5.41) is 3.80. The molecule has 0 radical (unpaired) electrons. The van der Waals surface area contributed by atoms with Crippen LogP contribution in [-0.4, -0.2) is 48.1 Å². The number of nitrogens with zero attached hydrogens (tertiary/aromatic N) is 6. The topological polar surface area (TPSA) is 114 Å². The molecule has 0 spiro atoms. The minimum Gasteiger partial charge on any atom is -0.346 e. The Morgan fingerprint density at radius 1 is 1.22 bits per heavy atom. The van der Waals surface area contributed by atoms with Crippen molar-refractivity contribution in [3.05, 3.63) is 56.4 Å². The van der Waals surface area contributed by atoms with E-state index in [1.54, 1.807) is 42.9 Å². The number of hydrogen-bond acceptors (Lipinski definition) is 8. The van der Waals surface area contributed by atoms with E-state index < -0.39 is 17.3 Å². The lowest BCUT2D eigenvalue weighted by atomic mass is 10.2. The van der Waals surface area contributed by atoms with Crippen LogP contribution >= 0.6 is 11.8 Å². The van der Waals surface area contributed by atoms with Gasteiger partial charge in [0.05, 0.1) is 29.2 Å². The zero-order chi connectivity index (χ0) is 23.0. The fourth-order valence-electron chi connectivity index (χ4n) is 3.47. The van der Waals surface area contributed by atoms with Crippen molar-refractivity contribution in [2.45, 2.75) is 26.4 Å². The first-order chi connectivity index (χ1) is 15.3. The first-order valence-electron chi connectivity index (χ1n) is 10.0. The zero-order valence-electron chi connectivity index (χ0n) is 18.2. The van der Waals surface area contributed by atoms with Gasteiger partial charge in [-0.15, -0.1) is 11.8 Å². The summed E-state index contributed by atoms with van der Waals surface area (Å²) in [7, 11) is 2.99. The third kappa shape index (κ3) is 4.03. The summed E-state index contributed by atoms with van der Waals surface area (Å²) < 4.78 is 2.37. The SMILES string of the molecule is CC1=NC(c2ccc(NC(=O)[C@@H](C)N3C=Nc4c(c(=O)n(C)c(=O)n4C)C3)nc2)=CCS1. The first-order valence-corrected chi connectivity index (χ1v) is 11.0. The molecule has 2 aromatic heterocycles. The van der Waals surface area contributed by atoms with Crippen molar-refractivity contribution in [2.24, 2.45) is 24.1 Å². The molecule has 1 amide bonds. The van der Waals surface area contributed by atoms with Crippen molar-refractivity contribution in [1.29, 1.82) is 0 Å². The van der Waals surface area contributed by atoms with Gasteiger partial charge in [0.2, 0.25) is 5.91 Å². The summed E-state index contributed by atoms with van der Waals surface area (Å²) in [6.07, 6.45) is 5.21. The van der Waals surface area contributed by atoms with Gasteiger partial charge in [0.1, 0.15) is 17.7 Å². The summed E-state index contributed by atoms with van der Waals surface area (Å²) in [6.45, 7) is 3.86. The predicted molar refractivity (Wildman–Crippen MR) is 126 cm³/mol. The summed E-state index contributed by atoms with van der Waals surface area (Å²) in [6, 6.07) is 2.99. The molecule has 0 unspecified atom stereocenters. The number of aliphatic imine (C=N–C) groups is 2. The molecule has 0 fully saturated rings. The molecule has 32 heavy (non-hydrogen) atoms.